The number of carbonyl (C=O) groups excluding carboxylic acids is 2. The first-order valence-electron chi connectivity index (χ1n) is 12.9. The molecule has 0 saturated carbocycles. The number of aliphatic imine (C=N–C) groups is 1. The van der Waals surface area contributed by atoms with E-state index in [2.05, 4.69) is 15.6 Å². The van der Waals surface area contributed by atoms with Crippen LogP contribution in [0, 0.1) is 10.1 Å². The van der Waals surface area contributed by atoms with Crippen LogP contribution in [0.1, 0.15) is 40.2 Å². The number of nitro groups is 1. The molecule has 39 heavy (non-hydrogen) atoms. The number of aliphatic hydroxyl groups is 1. The molecule has 5 unspecified atom stereocenters. The van der Waals surface area contributed by atoms with Crippen molar-refractivity contribution in [3.63, 3.8) is 0 Å². The molecule has 3 rings (SSSR count). The quantitative estimate of drug-likeness (QED) is 0.204. The molecule has 14 heteroatoms. The molecular weight excluding hydrogens is 528 g/mol. The number of aliphatic hydroxyl groups excluding tert-OH is 1. The summed E-state index contributed by atoms with van der Waals surface area (Å²) >= 11 is 1.26. The molecule has 0 radical (unpaired) electrons. The van der Waals surface area contributed by atoms with Gasteiger partial charge in [0.15, 0.2) is 5.66 Å². The zero-order chi connectivity index (χ0) is 29.0. The predicted molar refractivity (Wildman–Crippen MR) is 147 cm³/mol. The number of rotatable bonds is 11. The number of likely N-dealkylation sites (N-methyl/N-ethyl adjacent to an activating group) is 1. The van der Waals surface area contributed by atoms with E-state index in [1.165, 1.54) is 41.2 Å². The number of hydrogen-bond acceptors (Lipinski definition) is 12. The van der Waals surface area contributed by atoms with Gasteiger partial charge in [0.05, 0.1) is 30.6 Å². The fraction of sp³-hybridized carbons (Fsp3) is 0.640. The first kappa shape index (κ1) is 30.6. The number of nitro benzene ring substituents is 1. The molecule has 0 aliphatic carbocycles. The lowest BCUT2D eigenvalue weighted by atomic mass is 9.72. The van der Waals surface area contributed by atoms with Gasteiger partial charge in [-0.2, -0.15) is 0 Å². The van der Waals surface area contributed by atoms with Crippen LogP contribution in [0.25, 0.3) is 0 Å². The molecule has 216 valence electrons. The number of ether oxygens (including phenoxy) is 2. The minimum atomic E-state index is -1.74. The second-order valence-electron chi connectivity index (χ2n) is 9.68. The Morgan fingerprint density at radius 2 is 2.00 bits per heavy atom. The molecule has 13 nitrogen and oxygen atoms in total. The topological polar surface area (TPSA) is 159 Å². The highest BCUT2D eigenvalue weighted by Crippen LogP contribution is 2.54. The monoisotopic (exact) mass is 566 g/mol. The molecule has 1 fully saturated rings. The number of nitrogens with one attached hydrogen (secondary N) is 2. The number of benzene rings is 1. The van der Waals surface area contributed by atoms with Gasteiger partial charge in [0, 0.05) is 49.1 Å². The maximum Gasteiger partial charge on any atom is 0.413 e. The van der Waals surface area contributed by atoms with Crippen molar-refractivity contribution in [2.24, 2.45) is 4.99 Å². The Hall–Kier alpha value is -2.94. The first-order chi connectivity index (χ1) is 18.5. The Morgan fingerprint density at radius 3 is 2.62 bits per heavy atom. The third-order valence-electron chi connectivity index (χ3n) is 6.80. The maximum atomic E-state index is 13.8. The number of thioether (sulfide) groups is 1. The molecule has 1 aromatic rings. The molecule has 2 aliphatic heterocycles. The second kappa shape index (κ2) is 12.5. The lowest BCUT2D eigenvalue weighted by molar-refractivity contribution is -0.385. The van der Waals surface area contributed by atoms with E-state index in [0.29, 0.717) is 12.1 Å². The van der Waals surface area contributed by atoms with E-state index in [0.717, 1.165) is 0 Å². The van der Waals surface area contributed by atoms with E-state index in [1.54, 1.807) is 38.8 Å². The number of fused-ring (bicyclic) bond motifs is 1. The number of amides is 1. The van der Waals surface area contributed by atoms with Crippen LogP contribution in [0.15, 0.2) is 29.3 Å². The Labute approximate surface area is 232 Å². The summed E-state index contributed by atoms with van der Waals surface area (Å²) in [6, 6.07) is 5.28. The predicted octanol–water partition coefficient (Wildman–Crippen LogP) is 1.85. The van der Waals surface area contributed by atoms with Crippen molar-refractivity contribution in [2.45, 2.75) is 69.5 Å². The fourth-order valence-corrected chi connectivity index (χ4v) is 6.36. The van der Waals surface area contributed by atoms with Crippen LogP contribution in [0.4, 0.5) is 10.5 Å². The van der Waals surface area contributed by atoms with Crippen molar-refractivity contribution in [1.29, 1.82) is 0 Å². The summed E-state index contributed by atoms with van der Waals surface area (Å²) in [4.78, 5) is 46.4. The van der Waals surface area contributed by atoms with Crippen LogP contribution >= 0.6 is 11.8 Å². The van der Waals surface area contributed by atoms with Crippen molar-refractivity contribution in [1.82, 2.24) is 20.4 Å². The number of carbonyl (C=O) groups is 2. The van der Waals surface area contributed by atoms with Crippen LogP contribution in [0.2, 0.25) is 0 Å². The van der Waals surface area contributed by atoms with E-state index >= 15 is 0 Å². The van der Waals surface area contributed by atoms with Gasteiger partial charge in [0.1, 0.15) is 5.50 Å². The van der Waals surface area contributed by atoms with Gasteiger partial charge in [-0.3, -0.25) is 25.3 Å². The summed E-state index contributed by atoms with van der Waals surface area (Å²) in [7, 11) is 1.65. The lowest BCUT2D eigenvalue weighted by Crippen LogP contribution is -2.81. The van der Waals surface area contributed by atoms with Crippen molar-refractivity contribution < 1.29 is 29.1 Å². The van der Waals surface area contributed by atoms with Gasteiger partial charge in [-0.1, -0.05) is 26.0 Å². The van der Waals surface area contributed by atoms with Crippen LogP contribution in [-0.2, 0) is 19.9 Å². The Morgan fingerprint density at radius 1 is 1.31 bits per heavy atom. The molecule has 0 aromatic heterocycles. The third-order valence-corrected chi connectivity index (χ3v) is 8.04. The van der Waals surface area contributed by atoms with Crippen molar-refractivity contribution in [2.75, 3.05) is 32.6 Å². The van der Waals surface area contributed by atoms with Gasteiger partial charge in [-0.15, -0.1) is 11.8 Å². The van der Waals surface area contributed by atoms with Gasteiger partial charge in [-0.05, 0) is 20.8 Å². The molecule has 0 bridgehead atoms. The zero-order valence-corrected chi connectivity index (χ0v) is 23.9. The second-order valence-corrected chi connectivity index (χ2v) is 10.8. The first-order valence-corrected chi connectivity index (χ1v) is 14.0. The van der Waals surface area contributed by atoms with Gasteiger partial charge >= 0.3 is 12.1 Å². The lowest BCUT2D eigenvalue weighted by Gasteiger charge is -2.59. The summed E-state index contributed by atoms with van der Waals surface area (Å²) in [5.41, 5.74) is -4.16. The average molecular weight is 567 g/mol. The summed E-state index contributed by atoms with van der Waals surface area (Å²) < 4.78 is 11.0. The molecule has 1 aromatic carbocycles. The maximum absolute atomic E-state index is 13.8. The molecule has 2 aliphatic rings. The summed E-state index contributed by atoms with van der Waals surface area (Å²) in [5.74, 6) is -0.460. The van der Waals surface area contributed by atoms with Crippen LogP contribution < -0.4 is 10.6 Å². The van der Waals surface area contributed by atoms with Gasteiger partial charge in [0.2, 0.25) is 5.54 Å². The van der Waals surface area contributed by atoms with E-state index < -0.39 is 45.8 Å². The molecule has 2 heterocycles. The smallest absolute Gasteiger partial charge is 0.413 e. The Kier molecular flexibility index (Phi) is 9.80. The van der Waals surface area contributed by atoms with Gasteiger partial charge < -0.3 is 24.8 Å². The molecule has 5 atom stereocenters. The van der Waals surface area contributed by atoms with Crippen LogP contribution in [0.5, 0.6) is 0 Å². The number of esters is 1. The third kappa shape index (κ3) is 5.42. The van der Waals surface area contributed by atoms with Crippen molar-refractivity contribution >= 4 is 35.9 Å². The van der Waals surface area contributed by atoms with Crippen molar-refractivity contribution in [3.05, 3.63) is 39.9 Å². The largest absolute Gasteiger partial charge is 0.464 e. The summed E-state index contributed by atoms with van der Waals surface area (Å²) in [6.07, 6.45) is -0.0578. The number of non-ortho nitro benzene ring substituents is 1. The molecule has 0 spiro atoms. The summed E-state index contributed by atoms with van der Waals surface area (Å²) in [5, 5.41) is 28.9. The average Bonchev–Trinajstić information content (AvgIpc) is 3.21. The minimum Gasteiger partial charge on any atom is -0.464 e. The van der Waals surface area contributed by atoms with E-state index in [-0.39, 0.29) is 30.7 Å². The van der Waals surface area contributed by atoms with Gasteiger partial charge in [-0.25, -0.2) is 9.59 Å². The van der Waals surface area contributed by atoms with E-state index in [1.807, 2.05) is 13.8 Å². The molecule has 1 amide bonds. The minimum absolute atomic E-state index is 0.0468. The normalized spacial score (nSPS) is 26.9. The molecule has 1 saturated heterocycles. The van der Waals surface area contributed by atoms with Crippen LogP contribution in [-0.4, -0.2) is 100 Å². The summed E-state index contributed by atoms with van der Waals surface area (Å²) in [6.45, 7) is 9.48. The molecular formula is C25H38N6O7S. The Balaban J connectivity index is 2.24. The van der Waals surface area contributed by atoms with Crippen LogP contribution in [0.3, 0.4) is 0 Å². The number of nitrogens with zero attached hydrogens (tertiary/aromatic N) is 4. The van der Waals surface area contributed by atoms with Crippen molar-refractivity contribution in [3.8, 4) is 0 Å². The number of hydrogen-bond donors (Lipinski definition) is 3. The standard InChI is InChI=1S/C25H38N6O7S/c1-7-37-21(33)24-17(5)28-22(39-14-20(32)13-26-16(3)4)30(23(34)38-8-2)25(24,29(6)15-27-24)18-10-9-11-19(12-18)31(35)36/h9-12,15-17,20,22,26,28,32H,7-8,13-14H2,1-6H3. The highest BCUT2D eigenvalue weighted by Gasteiger charge is 2.74. The van der Waals surface area contributed by atoms with Gasteiger partial charge in [0.25, 0.3) is 5.69 Å². The highest BCUT2D eigenvalue weighted by atomic mass is 32.2. The SMILES string of the molecule is CCOC(=O)N1C(SCC(O)CNC(C)C)NC(C)C2(C(=O)OCC)N=CN(C)C12c1cccc([N+](=O)[O-])c1. The highest BCUT2D eigenvalue weighted by molar-refractivity contribution is 7.99. The fourth-order valence-electron chi connectivity index (χ4n) is 5.15. The Bertz CT molecular complexity index is 1090. The van der Waals surface area contributed by atoms with E-state index in [9.17, 15) is 24.8 Å². The molecule has 3 N–H and O–H groups in total. The zero-order valence-electron chi connectivity index (χ0n) is 23.1. The van der Waals surface area contributed by atoms with E-state index in [4.69, 9.17) is 9.47 Å².